The number of hydrogen-bond donors (Lipinski definition) is 1. The Balaban J connectivity index is 2.14. The lowest BCUT2D eigenvalue weighted by molar-refractivity contribution is -0.144. The highest BCUT2D eigenvalue weighted by molar-refractivity contribution is 9.10. The zero-order chi connectivity index (χ0) is 14.3. The lowest BCUT2D eigenvalue weighted by atomic mass is 9.74. The molecule has 0 aromatic heterocycles. The Hall–Kier alpha value is -1.07. The van der Waals surface area contributed by atoms with E-state index in [2.05, 4.69) is 33.2 Å². The Bertz CT molecular complexity index is 535. The number of nitrogens with zero attached hydrogens (tertiary/aromatic N) is 1. The number of hydrogen-bond acceptors (Lipinski definition) is 4. The van der Waals surface area contributed by atoms with Crippen LogP contribution in [0.5, 0.6) is 0 Å². The minimum Gasteiger partial charge on any atom is -0.469 e. The lowest BCUT2D eigenvalue weighted by Gasteiger charge is -2.47. The van der Waals surface area contributed by atoms with Crippen molar-refractivity contribution in [2.24, 2.45) is 5.92 Å². The van der Waals surface area contributed by atoms with Gasteiger partial charge in [-0.2, -0.15) is 0 Å². The lowest BCUT2D eigenvalue weighted by Crippen LogP contribution is -2.55. The van der Waals surface area contributed by atoms with Gasteiger partial charge in [-0.1, -0.05) is 12.1 Å². The van der Waals surface area contributed by atoms with Crippen LogP contribution in [0.25, 0.3) is 0 Å². The van der Waals surface area contributed by atoms with E-state index < -0.39 is 0 Å². The molecule has 2 heterocycles. The van der Waals surface area contributed by atoms with E-state index in [1.54, 1.807) is 0 Å². The maximum absolute atomic E-state index is 12.3. The molecule has 3 atom stereocenters. The van der Waals surface area contributed by atoms with Crippen LogP contribution in [0.1, 0.15) is 17.9 Å². The van der Waals surface area contributed by atoms with Crippen LogP contribution in [0.3, 0.4) is 0 Å². The fourth-order valence-electron chi connectivity index (χ4n) is 3.67. The molecule has 0 saturated carbocycles. The molecule has 1 saturated heterocycles. The molecule has 0 amide bonds. The standard InChI is InChI=1S/C15H19BrN2O2/c1-18-12-6-7-17-8-10(12)13(15(19)20-2)9-4-3-5-11(16)14(9)18/h3-5,10,12-13,17H,6-8H2,1-2H3. The third-order valence-corrected chi connectivity index (χ3v) is 5.22. The van der Waals surface area contributed by atoms with E-state index in [9.17, 15) is 4.79 Å². The van der Waals surface area contributed by atoms with Crippen LogP contribution in [0.2, 0.25) is 0 Å². The second kappa shape index (κ2) is 5.37. The second-order valence-electron chi connectivity index (χ2n) is 5.51. The van der Waals surface area contributed by atoms with Gasteiger partial charge >= 0.3 is 5.97 Å². The van der Waals surface area contributed by atoms with E-state index in [1.807, 2.05) is 18.2 Å². The largest absolute Gasteiger partial charge is 0.469 e. The number of para-hydroxylation sites is 1. The molecule has 0 spiro atoms. The fraction of sp³-hybridized carbons (Fsp3) is 0.533. The molecule has 2 aliphatic rings. The van der Waals surface area contributed by atoms with Crippen molar-refractivity contribution in [2.45, 2.75) is 18.4 Å². The first-order chi connectivity index (χ1) is 9.65. The van der Waals surface area contributed by atoms with Gasteiger partial charge < -0.3 is 15.0 Å². The highest BCUT2D eigenvalue weighted by Crippen LogP contribution is 2.46. The van der Waals surface area contributed by atoms with Crippen molar-refractivity contribution < 1.29 is 9.53 Å². The van der Waals surface area contributed by atoms with Crippen molar-refractivity contribution in [3.05, 3.63) is 28.2 Å². The van der Waals surface area contributed by atoms with E-state index in [-0.39, 0.29) is 17.8 Å². The summed E-state index contributed by atoms with van der Waals surface area (Å²) in [5.41, 5.74) is 2.20. The third-order valence-electron chi connectivity index (χ3n) is 4.58. The van der Waals surface area contributed by atoms with E-state index >= 15 is 0 Å². The summed E-state index contributed by atoms with van der Waals surface area (Å²) in [4.78, 5) is 14.6. The predicted molar refractivity (Wildman–Crippen MR) is 82.1 cm³/mol. The molecule has 1 N–H and O–H groups in total. The van der Waals surface area contributed by atoms with Crippen LogP contribution in [-0.4, -0.2) is 39.3 Å². The quantitative estimate of drug-likeness (QED) is 0.796. The molecular formula is C15H19BrN2O2. The molecule has 20 heavy (non-hydrogen) atoms. The van der Waals surface area contributed by atoms with Crippen molar-refractivity contribution in [1.82, 2.24) is 5.32 Å². The molecule has 0 radical (unpaired) electrons. The topological polar surface area (TPSA) is 41.6 Å². The Morgan fingerprint density at radius 1 is 1.50 bits per heavy atom. The van der Waals surface area contributed by atoms with Crippen molar-refractivity contribution in [3.8, 4) is 0 Å². The average Bonchev–Trinajstić information content (AvgIpc) is 2.47. The third kappa shape index (κ3) is 2.04. The number of piperidine rings is 1. The second-order valence-corrected chi connectivity index (χ2v) is 6.37. The number of rotatable bonds is 1. The number of carbonyl (C=O) groups is 1. The maximum atomic E-state index is 12.3. The highest BCUT2D eigenvalue weighted by atomic mass is 79.9. The normalized spacial score (nSPS) is 28.6. The number of methoxy groups -OCH3 is 1. The smallest absolute Gasteiger partial charge is 0.313 e. The Morgan fingerprint density at radius 2 is 2.30 bits per heavy atom. The van der Waals surface area contributed by atoms with Gasteiger partial charge in [0, 0.05) is 30.0 Å². The number of fused-ring (bicyclic) bond motifs is 2. The summed E-state index contributed by atoms with van der Waals surface area (Å²) in [6, 6.07) is 6.45. The van der Waals surface area contributed by atoms with Crippen LogP contribution >= 0.6 is 15.9 Å². The number of nitrogens with one attached hydrogen (secondary N) is 1. The highest BCUT2D eigenvalue weighted by Gasteiger charge is 2.45. The van der Waals surface area contributed by atoms with Gasteiger partial charge in [-0.15, -0.1) is 0 Å². The molecule has 1 fully saturated rings. The van der Waals surface area contributed by atoms with Gasteiger partial charge in [0.1, 0.15) is 0 Å². The first-order valence-electron chi connectivity index (χ1n) is 6.95. The van der Waals surface area contributed by atoms with Crippen LogP contribution in [0.15, 0.2) is 22.7 Å². The summed E-state index contributed by atoms with van der Waals surface area (Å²) in [6.07, 6.45) is 1.05. The van der Waals surface area contributed by atoms with Gasteiger partial charge in [-0.25, -0.2) is 0 Å². The molecule has 4 nitrogen and oxygen atoms in total. The van der Waals surface area contributed by atoms with Gasteiger partial charge in [0.15, 0.2) is 0 Å². The first-order valence-corrected chi connectivity index (χ1v) is 7.74. The minimum atomic E-state index is -0.179. The van der Waals surface area contributed by atoms with Gasteiger partial charge in [0.2, 0.25) is 0 Å². The van der Waals surface area contributed by atoms with E-state index in [0.29, 0.717) is 6.04 Å². The van der Waals surface area contributed by atoms with Crippen LogP contribution in [0.4, 0.5) is 5.69 Å². The van der Waals surface area contributed by atoms with Gasteiger partial charge in [-0.05, 0) is 40.5 Å². The van der Waals surface area contributed by atoms with Crippen LogP contribution in [0, 0.1) is 5.92 Å². The molecule has 3 unspecified atom stereocenters. The van der Waals surface area contributed by atoms with E-state index in [1.165, 1.54) is 7.11 Å². The zero-order valence-electron chi connectivity index (χ0n) is 11.7. The van der Waals surface area contributed by atoms with Crippen molar-refractivity contribution in [3.63, 3.8) is 0 Å². The molecule has 2 aliphatic heterocycles. The Morgan fingerprint density at radius 3 is 3.05 bits per heavy atom. The van der Waals surface area contributed by atoms with Gasteiger partial charge in [-0.3, -0.25) is 4.79 Å². The number of carbonyl (C=O) groups excluding carboxylic acids is 1. The van der Waals surface area contributed by atoms with E-state index in [0.717, 1.165) is 35.2 Å². The average molecular weight is 339 g/mol. The van der Waals surface area contributed by atoms with E-state index in [4.69, 9.17) is 4.74 Å². The number of halogens is 1. The summed E-state index contributed by atoms with van der Waals surface area (Å²) in [6.45, 7) is 1.86. The van der Waals surface area contributed by atoms with Crippen LogP contribution in [-0.2, 0) is 9.53 Å². The summed E-state index contributed by atoms with van der Waals surface area (Å²) in [7, 11) is 3.60. The van der Waals surface area contributed by atoms with Crippen molar-refractivity contribution in [2.75, 3.05) is 32.1 Å². The molecule has 0 aliphatic carbocycles. The summed E-state index contributed by atoms with van der Waals surface area (Å²) < 4.78 is 6.11. The first kappa shape index (κ1) is 13.9. The molecule has 5 heteroatoms. The molecule has 1 aromatic carbocycles. The number of ether oxygens (including phenoxy) is 1. The summed E-state index contributed by atoms with van der Waals surface area (Å²) >= 11 is 3.63. The molecule has 3 rings (SSSR count). The summed E-state index contributed by atoms with van der Waals surface area (Å²) in [5, 5.41) is 3.41. The molecule has 0 bridgehead atoms. The molecule has 108 valence electrons. The number of benzene rings is 1. The maximum Gasteiger partial charge on any atom is 0.313 e. The van der Waals surface area contributed by atoms with Crippen LogP contribution < -0.4 is 10.2 Å². The summed E-state index contributed by atoms with van der Waals surface area (Å²) in [5.74, 6) is -0.0411. The monoisotopic (exact) mass is 338 g/mol. The van der Waals surface area contributed by atoms with Gasteiger partial charge in [0.05, 0.1) is 18.7 Å². The minimum absolute atomic E-state index is 0.129. The van der Waals surface area contributed by atoms with Crippen molar-refractivity contribution >= 4 is 27.6 Å². The fourth-order valence-corrected chi connectivity index (χ4v) is 4.33. The zero-order valence-corrected chi connectivity index (χ0v) is 13.3. The molecule has 1 aromatic rings. The number of esters is 1. The Labute approximate surface area is 127 Å². The number of anilines is 1. The predicted octanol–water partition coefficient (Wildman–Crippen LogP) is 2.13. The Kier molecular flexibility index (Phi) is 3.73. The SMILES string of the molecule is COC(=O)C1c2cccc(Br)c2N(C)C2CCNCC12. The molecular weight excluding hydrogens is 320 g/mol. The van der Waals surface area contributed by atoms with Gasteiger partial charge in [0.25, 0.3) is 0 Å². The van der Waals surface area contributed by atoms with Crippen molar-refractivity contribution in [1.29, 1.82) is 0 Å².